The predicted molar refractivity (Wildman–Crippen MR) is 68.0 cm³/mol. The molecule has 0 unspecified atom stereocenters. The van der Waals surface area contributed by atoms with Crippen molar-refractivity contribution >= 4 is 33.5 Å². The molecule has 1 rings (SSSR count). The Bertz CT molecular complexity index is 469. The van der Waals surface area contributed by atoms with Crippen LogP contribution in [0.1, 0.15) is 12.5 Å². The Morgan fingerprint density at radius 2 is 2.12 bits per heavy atom. The lowest BCUT2D eigenvalue weighted by Gasteiger charge is -2.08. The Morgan fingerprint density at radius 3 is 2.65 bits per heavy atom. The molecule has 1 N–H and O–H groups in total. The van der Waals surface area contributed by atoms with Crippen LogP contribution in [0.5, 0.6) is 0 Å². The predicted octanol–water partition coefficient (Wildman–Crippen LogP) is 2.10. The van der Waals surface area contributed by atoms with E-state index >= 15 is 0 Å². The van der Waals surface area contributed by atoms with Crippen molar-refractivity contribution in [3.8, 4) is 0 Å². The number of carbonyl (C=O) groups excluding carboxylic acids is 2. The van der Waals surface area contributed by atoms with Crippen LogP contribution in [-0.2, 0) is 14.3 Å². The van der Waals surface area contributed by atoms with Gasteiger partial charge in [-0.25, -0.2) is 4.79 Å². The zero-order chi connectivity index (χ0) is 12.8. The number of benzene rings is 1. The minimum Gasteiger partial charge on any atom is -0.466 e. The van der Waals surface area contributed by atoms with Crippen LogP contribution in [0.2, 0.25) is 0 Å². The molecule has 0 atom stereocenters. The van der Waals surface area contributed by atoms with Gasteiger partial charge in [0.1, 0.15) is 0 Å². The third-order valence-corrected chi connectivity index (χ3v) is 2.40. The maximum Gasteiger partial charge on any atom is 0.332 e. The van der Waals surface area contributed by atoms with Gasteiger partial charge in [0.25, 0.3) is 0 Å². The standard InChI is InChI=1S/C12H12BrNO3/c1-8(15)14-11(7-12(16)17-2)9-4-3-5-10(13)6-9/h3-7H,1-2H3,(H,14,15). The molecule has 1 aromatic carbocycles. The van der Waals surface area contributed by atoms with Crippen LogP contribution in [0.15, 0.2) is 34.8 Å². The van der Waals surface area contributed by atoms with E-state index in [1.54, 1.807) is 12.1 Å². The fourth-order valence-corrected chi connectivity index (χ4v) is 1.61. The van der Waals surface area contributed by atoms with Crippen LogP contribution >= 0.6 is 15.9 Å². The third kappa shape index (κ3) is 4.40. The molecule has 17 heavy (non-hydrogen) atoms. The van der Waals surface area contributed by atoms with Crippen molar-refractivity contribution in [2.45, 2.75) is 6.92 Å². The molecule has 0 aliphatic heterocycles. The quantitative estimate of drug-likeness (QED) is 0.687. The van der Waals surface area contributed by atoms with Crippen molar-refractivity contribution in [2.75, 3.05) is 7.11 Å². The van der Waals surface area contributed by atoms with Crippen LogP contribution in [0, 0.1) is 0 Å². The maximum absolute atomic E-state index is 11.2. The largest absolute Gasteiger partial charge is 0.466 e. The van der Waals surface area contributed by atoms with Gasteiger partial charge in [-0.3, -0.25) is 4.79 Å². The van der Waals surface area contributed by atoms with E-state index in [-0.39, 0.29) is 5.91 Å². The lowest BCUT2D eigenvalue weighted by molar-refractivity contribution is -0.134. The summed E-state index contributed by atoms with van der Waals surface area (Å²) < 4.78 is 5.39. The summed E-state index contributed by atoms with van der Waals surface area (Å²) in [6.45, 7) is 1.38. The summed E-state index contributed by atoms with van der Waals surface area (Å²) in [5, 5.41) is 2.59. The molecule has 0 aromatic heterocycles. The van der Waals surface area contributed by atoms with Gasteiger partial charge in [-0.2, -0.15) is 0 Å². The zero-order valence-electron chi connectivity index (χ0n) is 9.49. The lowest BCUT2D eigenvalue weighted by atomic mass is 10.1. The molecule has 5 heteroatoms. The third-order valence-electron chi connectivity index (χ3n) is 1.91. The van der Waals surface area contributed by atoms with Gasteiger partial charge in [-0.1, -0.05) is 28.1 Å². The second-order valence-electron chi connectivity index (χ2n) is 3.27. The van der Waals surface area contributed by atoms with Crippen molar-refractivity contribution in [3.63, 3.8) is 0 Å². The number of carbonyl (C=O) groups is 2. The van der Waals surface area contributed by atoms with E-state index in [4.69, 9.17) is 0 Å². The average molecular weight is 298 g/mol. The van der Waals surface area contributed by atoms with Gasteiger partial charge in [-0.15, -0.1) is 0 Å². The second-order valence-corrected chi connectivity index (χ2v) is 4.19. The van der Waals surface area contributed by atoms with Crippen molar-refractivity contribution in [3.05, 3.63) is 40.4 Å². The van der Waals surface area contributed by atoms with Gasteiger partial charge >= 0.3 is 5.97 Å². The molecule has 0 saturated heterocycles. The maximum atomic E-state index is 11.2. The van der Waals surface area contributed by atoms with Crippen molar-refractivity contribution in [2.24, 2.45) is 0 Å². The number of rotatable bonds is 3. The lowest BCUT2D eigenvalue weighted by Crippen LogP contribution is -2.19. The highest BCUT2D eigenvalue weighted by molar-refractivity contribution is 9.10. The molecule has 1 amide bonds. The Balaban J connectivity index is 3.10. The molecule has 0 fully saturated rings. The monoisotopic (exact) mass is 297 g/mol. The number of ether oxygens (including phenoxy) is 1. The van der Waals surface area contributed by atoms with Crippen LogP contribution < -0.4 is 5.32 Å². The highest BCUT2D eigenvalue weighted by atomic mass is 79.9. The average Bonchev–Trinajstić information content (AvgIpc) is 2.27. The Morgan fingerprint density at radius 1 is 1.41 bits per heavy atom. The molecule has 0 aliphatic carbocycles. The van der Waals surface area contributed by atoms with Gasteiger partial charge in [-0.05, 0) is 17.7 Å². The minimum absolute atomic E-state index is 0.250. The fourth-order valence-electron chi connectivity index (χ4n) is 1.21. The van der Waals surface area contributed by atoms with E-state index in [0.29, 0.717) is 5.70 Å². The van der Waals surface area contributed by atoms with Crippen LogP contribution in [0.25, 0.3) is 5.70 Å². The van der Waals surface area contributed by atoms with Crippen molar-refractivity contribution < 1.29 is 14.3 Å². The highest BCUT2D eigenvalue weighted by Gasteiger charge is 2.07. The first-order valence-electron chi connectivity index (χ1n) is 4.86. The van der Waals surface area contributed by atoms with E-state index in [1.165, 1.54) is 20.1 Å². The first kappa shape index (κ1) is 13.4. The number of esters is 1. The number of hydrogen-bond acceptors (Lipinski definition) is 3. The van der Waals surface area contributed by atoms with Crippen LogP contribution in [0.4, 0.5) is 0 Å². The Kier molecular flexibility index (Phi) is 4.90. The number of halogens is 1. The molecule has 0 saturated carbocycles. The van der Waals surface area contributed by atoms with E-state index in [1.807, 2.05) is 12.1 Å². The molecule has 0 aliphatic rings. The summed E-state index contributed by atoms with van der Waals surface area (Å²) >= 11 is 3.32. The van der Waals surface area contributed by atoms with Crippen molar-refractivity contribution in [1.82, 2.24) is 5.32 Å². The zero-order valence-corrected chi connectivity index (χ0v) is 11.1. The SMILES string of the molecule is COC(=O)C=C(NC(C)=O)c1cccc(Br)c1. The van der Waals surface area contributed by atoms with Gasteiger partial charge in [0.15, 0.2) is 0 Å². The number of hydrogen-bond donors (Lipinski definition) is 1. The topological polar surface area (TPSA) is 55.4 Å². The summed E-state index contributed by atoms with van der Waals surface area (Å²) in [7, 11) is 1.28. The van der Waals surface area contributed by atoms with Crippen LogP contribution in [-0.4, -0.2) is 19.0 Å². The molecule has 0 spiro atoms. The summed E-state index contributed by atoms with van der Waals surface area (Å²) in [6.07, 6.45) is 1.24. The fraction of sp³-hybridized carbons (Fsp3) is 0.167. The summed E-state index contributed by atoms with van der Waals surface area (Å²) in [5.74, 6) is -0.770. The Hall–Kier alpha value is -1.62. The van der Waals surface area contributed by atoms with Crippen LogP contribution in [0.3, 0.4) is 0 Å². The molecular weight excluding hydrogens is 286 g/mol. The number of methoxy groups -OCH3 is 1. The number of amides is 1. The normalized spacial score (nSPS) is 10.9. The smallest absolute Gasteiger partial charge is 0.332 e. The molecule has 1 aromatic rings. The van der Waals surface area contributed by atoms with Gasteiger partial charge in [0.05, 0.1) is 12.8 Å². The summed E-state index contributed by atoms with van der Waals surface area (Å²) in [4.78, 5) is 22.3. The molecule has 90 valence electrons. The van der Waals surface area contributed by atoms with E-state index in [0.717, 1.165) is 10.0 Å². The molecule has 0 radical (unpaired) electrons. The molecule has 0 bridgehead atoms. The van der Waals surface area contributed by atoms with Crippen molar-refractivity contribution in [1.29, 1.82) is 0 Å². The summed E-state index contributed by atoms with van der Waals surface area (Å²) in [6, 6.07) is 7.25. The summed E-state index contributed by atoms with van der Waals surface area (Å²) in [5.41, 5.74) is 1.13. The molecular formula is C12H12BrNO3. The van der Waals surface area contributed by atoms with Gasteiger partial charge in [0, 0.05) is 17.5 Å². The molecule has 4 nitrogen and oxygen atoms in total. The first-order valence-corrected chi connectivity index (χ1v) is 5.65. The van der Waals surface area contributed by atoms with E-state index in [2.05, 4.69) is 26.0 Å². The van der Waals surface area contributed by atoms with Gasteiger partial charge in [0.2, 0.25) is 5.91 Å². The molecule has 0 heterocycles. The minimum atomic E-state index is -0.520. The number of nitrogens with one attached hydrogen (secondary N) is 1. The Labute approximate surface area is 108 Å². The first-order chi connectivity index (χ1) is 8.02. The van der Waals surface area contributed by atoms with E-state index < -0.39 is 5.97 Å². The van der Waals surface area contributed by atoms with Gasteiger partial charge < -0.3 is 10.1 Å². The van der Waals surface area contributed by atoms with E-state index in [9.17, 15) is 9.59 Å². The second kappa shape index (κ2) is 6.20. The highest BCUT2D eigenvalue weighted by Crippen LogP contribution is 2.17.